The normalized spacial score (nSPS) is 18.6. The van der Waals surface area contributed by atoms with Gasteiger partial charge in [0.2, 0.25) is 0 Å². The van der Waals surface area contributed by atoms with Gasteiger partial charge in [-0.05, 0) is 23.6 Å². The van der Waals surface area contributed by atoms with Crippen molar-refractivity contribution >= 4 is 57.9 Å². The molecule has 1 fully saturated rings. The summed E-state index contributed by atoms with van der Waals surface area (Å²) < 4.78 is 0.193. The maximum absolute atomic E-state index is 12.5. The molecule has 24 heavy (non-hydrogen) atoms. The lowest BCUT2D eigenvalue weighted by atomic mass is 10.0. The zero-order valence-corrected chi connectivity index (χ0v) is 15.5. The Hall–Kier alpha value is -1.63. The molecule has 0 aromatic heterocycles. The molecule has 1 aromatic rings. The van der Waals surface area contributed by atoms with Gasteiger partial charge in [0.15, 0.2) is 0 Å². The Balaban J connectivity index is 2.28. The molecule has 1 aliphatic rings. The van der Waals surface area contributed by atoms with E-state index in [0.717, 1.165) is 22.2 Å². The summed E-state index contributed by atoms with van der Waals surface area (Å²) in [5.74, 6) is -2.12. The fraction of sp³-hybridized carbons (Fsp3) is 0.235. The number of rotatable bonds is 5. The zero-order valence-electron chi connectivity index (χ0n) is 13.1. The summed E-state index contributed by atoms with van der Waals surface area (Å²) in [6.45, 7) is 3.40. The maximum atomic E-state index is 12.5. The van der Waals surface area contributed by atoms with Gasteiger partial charge in [-0.1, -0.05) is 79.8 Å². The second kappa shape index (κ2) is 7.96. The molecule has 1 saturated heterocycles. The highest BCUT2D eigenvalue weighted by atomic mass is 35.5. The van der Waals surface area contributed by atoms with Gasteiger partial charge in [-0.2, -0.15) is 0 Å². The van der Waals surface area contributed by atoms with Crippen molar-refractivity contribution < 1.29 is 14.7 Å². The van der Waals surface area contributed by atoms with Gasteiger partial charge in [0, 0.05) is 5.03 Å². The molecule has 0 bridgehead atoms. The van der Waals surface area contributed by atoms with Crippen LogP contribution in [0.3, 0.4) is 0 Å². The Bertz CT molecular complexity index is 729. The van der Waals surface area contributed by atoms with Gasteiger partial charge in [-0.3, -0.25) is 9.69 Å². The number of benzene rings is 1. The Kier molecular flexibility index (Phi) is 6.21. The molecule has 126 valence electrons. The van der Waals surface area contributed by atoms with Crippen LogP contribution in [0.25, 0.3) is 6.08 Å². The van der Waals surface area contributed by atoms with E-state index in [1.165, 1.54) is 6.08 Å². The lowest BCUT2D eigenvalue weighted by molar-refractivity contribution is -0.311. The molecule has 0 radical (unpaired) electrons. The number of aliphatic carboxylic acids is 1. The van der Waals surface area contributed by atoms with Crippen LogP contribution in [0.4, 0.5) is 0 Å². The number of hydrogen-bond donors (Lipinski definition) is 0. The number of carbonyl (C=O) groups excluding carboxylic acids is 2. The SMILES string of the molecule is CC(C)[C@@H](C(=O)[O-])N1C(=O)/C(=C/C(Cl)=C/c2ccccc2)SC1=S. The quantitative estimate of drug-likeness (QED) is 0.580. The number of carboxylic acid groups (broad SMARTS) is 1. The third-order valence-electron chi connectivity index (χ3n) is 3.35. The van der Waals surface area contributed by atoms with Crippen LogP contribution in [0.2, 0.25) is 0 Å². The lowest BCUT2D eigenvalue weighted by Gasteiger charge is -2.30. The molecule has 2 rings (SSSR count). The molecule has 0 N–H and O–H groups in total. The number of thiocarbonyl (C=S) groups is 1. The van der Waals surface area contributed by atoms with E-state index >= 15 is 0 Å². The third-order valence-corrected chi connectivity index (χ3v) is 4.90. The van der Waals surface area contributed by atoms with Crippen LogP contribution in [-0.4, -0.2) is 27.1 Å². The van der Waals surface area contributed by atoms with Crippen LogP contribution in [0.15, 0.2) is 46.3 Å². The van der Waals surface area contributed by atoms with E-state index in [9.17, 15) is 14.7 Å². The number of nitrogens with zero attached hydrogens (tertiary/aromatic N) is 1. The first-order chi connectivity index (χ1) is 11.3. The van der Waals surface area contributed by atoms with Crippen LogP contribution in [-0.2, 0) is 9.59 Å². The molecule has 0 saturated carbocycles. The molecule has 1 amide bonds. The topological polar surface area (TPSA) is 60.4 Å². The van der Waals surface area contributed by atoms with Crippen LogP contribution < -0.4 is 5.11 Å². The second-order valence-electron chi connectivity index (χ2n) is 5.50. The van der Waals surface area contributed by atoms with E-state index in [0.29, 0.717) is 9.94 Å². The van der Waals surface area contributed by atoms with Gasteiger partial charge < -0.3 is 9.90 Å². The minimum absolute atomic E-state index is 0.193. The van der Waals surface area contributed by atoms with E-state index < -0.39 is 17.9 Å². The second-order valence-corrected chi connectivity index (χ2v) is 7.61. The summed E-state index contributed by atoms with van der Waals surface area (Å²) in [5, 5.41) is 11.7. The first-order valence-corrected chi connectivity index (χ1v) is 8.81. The number of hydrogen-bond acceptors (Lipinski definition) is 5. The standard InChI is InChI=1S/C17H16ClNO3S2/c1-10(2)14(16(21)22)19-15(20)13(24-17(19)23)9-12(18)8-11-6-4-3-5-7-11/h3-10,14H,1-2H3,(H,21,22)/p-1/b12-8-,13-9-/t14-/m0/s1. The minimum Gasteiger partial charge on any atom is -0.548 e. The smallest absolute Gasteiger partial charge is 0.266 e. The highest BCUT2D eigenvalue weighted by Gasteiger charge is 2.39. The van der Waals surface area contributed by atoms with Crippen LogP contribution >= 0.6 is 35.6 Å². The fourth-order valence-corrected chi connectivity index (χ4v) is 3.89. The largest absolute Gasteiger partial charge is 0.548 e. The maximum Gasteiger partial charge on any atom is 0.266 e. The van der Waals surface area contributed by atoms with Crippen molar-refractivity contribution in [3.05, 3.63) is 51.9 Å². The number of amides is 1. The van der Waals surface area contributed by atoms with Crippen molar-refractivity contribution in [2.75, 3.05) is 0 Å². The highest BCUT2D eigenvalue weighted by molar-refractivity contribution is 8.26. The number of halogens is 1. The fourth-order valence-electron chi connectivity index (χ4n) is 2.27. The first kappa shape index (κ1) is 18.7. The molecule has 0 unspecified atom stereocenters. The molecular formula is C17H15ClNO3S2-. The number of carbonyl (C=O) groups is 2. The summed E-state index contributed by atoms with van der Waals surface area (Å²) in [7, 11) is 0. The van der Waals surface area contributed by atoms with Crippen molar-refractivity contribution in [1.29, 1.82) is 0 Å². The molecule has 1 atom stereocenters. The summed E-state index contributed by atoms with van der Waals surface area (Å²) in [4.78, 5) is 25.3. The molecule has 7 heteroatoms. The highest BCUT2D eigenvalue weighted by Crippen LogP contribution is 2.35. The van der Waals surface area contributed by atoms with Crippen molar-refractivity contribution in [2.45, 2.75) is 19.9 Å². The summed E-state index contributed by atoms with van der Waals surface area (Å²) in [6.07, 6.45) is 3.22. The van der Waals surface area contributed by atoms with E-state index in [-0.39, 0.29) is 10.2 Å². The Morgan fingerprint density at radius 1 is 1.33 bits per heavy atom. The molecule has 0 aliphatic carbocycles. The summed E-state index contributed by atoms with van der Waals surface area (Å²) in [5.41, 5.74) is 0.893. The van der Waals surface area contributed by atoms with Crippen molar-refractivity contribution in [3.63, 3.8) is 0 Å². The van der Waals surface area contributed by atoms with Crippen molar-refractivity contribution in [3.8, 4) is 0 Å². The minimum atomic E-state index is -1.33. The zero-order chi connectivity index (χ0) is 17.9. The van der Waals surface area contributed by atoms with Gasteiger partial charge in [-0.25, -0.2) is 0 Å². The Morgan fingerprint density at radius 3 is 2.50 bits per heavy atom. The van der Waals surface area contributed by atoms with Crippen LogP contribution in [0, 0.1) is 5.92 Å². The average Bonchev–Trinajstić information content (AvgIpc) is 2.75. The number of allylic oxidation sites excluding steroid dienone is 2. The predicted octanol–water partition coefficient (Wildman–Crippen LogP) is 2.79. The van der Waals surface area contributed by atoms with E-state index in [2.05, 4.69) is 0 Å². The van der Waals surface area contributed by atoms with Crippen molar-refractivity contribution in [2.24, 2.45) is 5.92 Å². The van der Waals surface area contributed by atoms with E-state index in [1.54, 1.807) is 19.9 Å². The predicted molar refractivity (Wildman–Crippen MR) is 99.0 cm³/mol. The average molecular weight is 381 g/mol. The molecule has 4 nitrogen and oxygen atoms in total. The van der Waals surface area contributed by atoms with E-state index in [1.807, 2.05) is 30.3 Å². The Labute approximate surface area is 155 Å². The summed E-state index contributed by atoms with van der Waals surface area (Å²) >= 11 is 12.4. The molecule has 1 aliphatic heterocycles. The number of thioether (sulfide) groups is 1. The lowest BCUT2D eigenvalue weighted by Crippen LogP contribution is -2.52. The molecule has 0 spiro atoms. The van der Waals surface area contributed by atoms with E-state index in [4.69, 9.17) is 23.8 Å². The van der Waals surface area contributed by atoms with Gasteiger partial charge in [0.25, 0.3) is 5.91 Å². The van der Waals surface area contributed by atoms with Gasteiger partial charge in [-0.15, -0.1) is 0 Å². The van der Waals surface area contributed by atoms with Gasteiger partial charge in [0.05, 0.1) is 16.9 Å². The monoisotopic (exact) mass is 380 g/mol. The summed E-state index contributed by atoms with van der Waals surface area (Å²) in [6, 6.07) is 8.31. The molecule has 1 heterocycles. The van der Waals surface area contributed by atoms with Crippen molar-refractivity contribution in [1.82, 2.24) is 4.90 Å². The number of carboxylic acids is 1. The van der Waals surface area contributed by atoms with Gasteiger partial charge in [0.1, 0.15) is 4.32 Å². The molecular weight excluding hydrogens is 366 g/mol. The Morgan fingerprint density at radius 2 is 1.96 bits per heavy atom. The van der Waals surface area contributed by atoms with Crippen LogP contribution in [0.5, 0.6) is 0 Å². The first-order valence-electron chi connectivity index (χ1n) is 7.21. The van der Waals surface area contributed by atoms with Crippen LogP contribution in [0.1, 0.15) is 19.4 Å². The van der Waals surface area contributed by atoms with Gasteiger partial charge >= 0.3 is 0 Å². The molecule has 1 aromatic carbocycles. The third kappa shape index (κ3) is 4.26.